The van der Waals surface area contributed by atoms with Crippen LogP contribution in [0.5, 0.6) is 0 Å². The number of rotatable bonds is 5. The highest BCUT2D eigenvalue weighted by molar-refractivity contribution is 5.74. The van der Waals surface area contributed by atoms with Crippen LogP contribution in [0.25, 0.3) is 0 Å². The summed E-state index contributed by atoms with van der Waals surface area (Å²) in [6, 6.07) is 0.229. The minimum atomic E-state index is -0.0449. The lowest BCUT2D eigenvalue weighted by molar-refractivity contribution is 0.0103. The highest BCUT2D eigenvalue weighted by atomic mass is 16.5. The van der Waals surface area contributed by atoms with Crippen LogP contribution >= 0.6 is 0 Å². The van der Waals surface area contributed by atoms with Gasteiger partial charge in [-0.15, -0.1) is 0 Å². The molecule has 2 aliphatic heterocycles. The monoisotopic (exact) mass is 270 g/mol. The van der Waals surface area contributed by atoms with Crippen LogP contribution in [0.2, 0.25) is 0 Å². The van der Waals surface area contributed by atoms with Crippen molar-refractivity contribution in [2.45, 2.75) is 57.1 Å². The van der Waals surface area contributed by atoms with E-state index < -0.39 is 0 Å². The minimum absolute atomic E-state index is 0.0449. The highest BCUT2D eigenvalue weighted by Crippen LogP contribution is 2.16. The van der Waals surface area contributed by atoms with Crippen molar-refractivity contribution in [3.05, 3.63) is 0 Å². The SMILES string of the molecule is O=C(NCCC[C@@H]1CCCCO1)NC1CCOCC1. The number of urea groups is 1. The quantitative estimate of drug-likeness (QED) is 0.749. The fraction of sp³-hybridized carbons (Fsp3) is 0.929. The van der Waals surface area contributed by atoms with Gasteiger partial charge in [0.25, 0.3) is 0 Å². The number of ether oxygens (including phenoxy) is 2. The zero-order valence-corrected chi connectivity index (χ0v) is 11.7. The number of nitrogens with one attached hydrogen (secondary N) is 2. The van der Waals surface area contributed by atoms with Gasteiger partial charge in [-0.25, -0.2) is 4.79 Å². The molecular weight excluding hydrogens is 244 g/mol. The molecule has 1 atom stereocenters. The fourth-order valence-corrected chi connectivity index (χ4v) is 2.65. The van der Waals surface area contributed by atoms with Crippen LogP contribution in [0.4, 0.5) is 4.79 Å². The normalized spacial score (nSPS) is 24.9. The van der Waals surface area contributed by atoms with Gasteiger partial charge in [-0.05, 0) is 44.9 Å². The molecule has 0 aromatic carbocycles. The standard InChI is InChI=1S/C14H26N2O3/c17-14(16-12-6-10-18-11-7-12)15-8-3-5-13-4-1-2-9-19-13/h12-13H,1-11H2,(H2,15,16,17)/t13-/m0/s1. The van der Waals surface area contributed by atoms with Gasteiger partial charge in [-0.1, -0.05) is 0 Å². The number of carbonyl (C=O) groups excluding carboxylic acids is 1. The molecule has 110 valence electrons. The van der Waals surface area contributed by atoms with E-state index in [1.165, 1.54) is 19.3 Å². The molecule has 0 aromatic rings. The van der Waals surface area contributed by atoms with E-state index in [4.69, 9.17) is 9.47 Å². The Balaban J connectivity index is 1.48. The summed E-state index contributed by atoms with van der Waals surface area (Å²) in [7, 11) is 0. The molecule has 5 nitrogen and oxygen atoms in total. The molecule has 0 bridgehead atoms. The lowest BCUT2D eigenvalue weighted by atomic mass is 10.0. The van der Waals surface area contributed by atoms with Crippen LogP contribution < -0.4 is 10.6 Å². The molecule has 2 amide bonds. The van der Waals surface area contributed by atoms with E-state index in [0.29, 0.717) is 6.10 Å². The minimum Gasteiger partial charge on any atom is -0.381 e. The van der Waals surface area contributed by atoms with Crippen molar-refractivity contribution in [1.29, 1.82) is 0 Å². The van der Waals surface area contributed by atoms with E-state index in [-0.39, 0.29) is 12.1 Å². The van der Waals surface area contributed by atoms with Gasteiger partial charge in [0.05, 0.1) is 6.10 Å². The molecule has 2 rings (SSSR count). The van der Waals surface area contributed by atoms with Crippen molar-refractivity contribution in [2.75, 3.05) is 26.4 Å². The molecule has 0 spiro atoms. The Morgan fingerprint density at radius 2 is 1.95 bits per heavy atom. The number of carbonyl (C=O) groups is 1. The molecule has 2 heterocycles. The maximum atomic E-state index is 11.7. The van der Waals surface area contributed by atoms with E-state index in [1.807, 2.05) is 0 Å². The Kier molecular flexibility index (Phi) is 6.44. The van der Waals surface area contributed by atoms with E-state index in [0.717, 1.165) is 52.0 Å². The third-order valence-electron chi connectivity index (χ3n) is 3.82. The number of amides is 2. The van der Waals surface area contributed by atoms with Crippen LogP contribution in [0.3, 0.4) is 0 Å². The molecule has 0 aromatic heterocycles. The maximum absolute atomic E-state index is 11.7. The molecule has 2 saturated heterocycles. The first kappa shape index (κ1) is 14.6. The third-order valence-corrected chi connectivity index (χ3v) is 3.82. The Morgan fingerprint density at radius 1 is 1.11 bits per heavy atom. The summed E-state index contributed by atoms with van der Waals surface area (Å²) < 4.78 is 10.9. The number of hydrogen-bond donors (Lipinski definition) is 2. The van der Waals surface area contributed by atoms with Gasteiger partial charge >= 0.3 is 6.03 Å². The summed E-state index contributed by atoms with van der Waals surface area (Å²) in [5.74, 6) is 0. The van der Waals surface area contributed by atoms with Crippen molar-refractivity contribution in [3.63, 3.8) is 0 Å². The van der Waals surface area contributed by atoms with E-state index in [2.05, 4.69) is 10.6 Å². The molecule has 0 radical (unpaired) electrons. The smallest absolute Gasteiger partial charge is 0.315 e. The number of hydrogen-bond acceptors (Lipinski definition) is 3. The van der Waals surface area contributed by atoms with Crippen molar-refractivity contribution >= 4 is 6.03 Å². The van der Waals surface area contributed by atoms with Gasteiger partial charge in [-0.2, -0.15) is 0 Å². The summed E-state index contributed by atoms with van der Waals surface area (Å²) >= 11 is 0. The lowest BCUT2D eigenvalue weighted by Gasteiger charge is -2.24. The van der Waals surface area contributed by atoms with Gasteiger partial charge in [0.1, 0.15) is 0 Å². The second kappa shape index (κ2) is 8.38. The Hall–Kier alpha value is -0.810. The molecule has 5 heteroatoms. The molecule has 19 heavy (non-hydrogen) atoms. The predicted octanol–water partition coefficient (Wildman–Crippen LogP) is 1.81. The first-order valence-electron chi connectivity index (χ1n) is 7.58. The van der Waals surface area contributed by atoms with Crippen molar-refractivity contribution in [2.24, 2.45) is 0 Å². The zero-order valence-electron chi connectivity index (χ0n) is 11.7. The summed E-state index contributed by atoms with van der Waals surface area (Å²) in [4.78, 5) is 11.7. The van der Waals surface area contributed by atoms with Gasteiger partial charge in [-0.3, -0.25) is 0 Å². The van der Waals surface area contributed by atoms with Crippen molar-refractivity contribution in [1.82, 2.24) is 10.6 Å². The molecule has 0 saturated carbocycles. The Labute approximate surface area is 115 Å². The van der Waals surface area contributed by atoms with Crippen LogP contribution in [0, 0.1) is 0 Å². The van der Waals surface area contributed by atoms with Crippen LogP contribution in [0.1, 0.15) is 44.9 Å². The van der Waals surface area contributed by atoms with Crippen LogP contribution in [-0.4, -0.2) is 44.5 Å². The van der Waals surface area contributed by atoms with Gasteiger partial charge in [0, 0.05) is 32.4 Å². The fourth-order valence-electron chi connectivity index (χ4n) is 2.65. The van der Waals surface area contributed by atoms with Gasteiger partial charge in [0.15, 0.2) is 0 Å². The first-order valence-corrected chi connectivity index (χ1v) is 7.58. The second-order valence-electron chi connectivity index (χ2n) is 5.42. The van der Waals surface area contributed by atoms with Crippen LogP contribution in [0.15, 0.2) is 0 Å². The second-order valence-corrected chi connectivity index (χ2v) is 5.42. The molecule has 2 N–H and O–H groups in total. The average molecular weight is 270 g/mol. The molecule has 0 unspecified atom stereocenters. The maximum Gasteiger partial charge on any atom is 0.315 e. The Morgan fingerprint density at radius 3 is 2.68 bits per heavy atom. The largest absolute Gasteiger partial charge is 0.381 e. The topological polar surface area (TPSA) is 59.6 Å². The third kappa shape index (κ3) is 5.78. The molecule has 2 aliphatic rings. The van der Waals surface area contributed by atoms with Gasteiger partial charge < -0.3 is 20.1 Å². The summed E-state index contributed by atoms with van der Waals surface area (Å²) in [5, 5.41) is 5.92. The molecule has 0 aliphatic carbocycles. The summed E-state index contributed by atoms with van der Waals surface area (Å²) in [5.41, 5.74) is 0. The zero-order chi connectivity index (χ0) is 13.3. The average Bonchev–Trinajstić information content (AvgIpc) is 2.46. The van der Waals surface area contributed by atoms with Gasteiger partial charge in [0.2, 0.25) is 0 Å². The van der Waals surface area contributed by atoms with E-state index in [9.17, 15) is 4.79 Å². The van der Waals surface area contributed by atoms with Crippen molar-refractivity contribution < 1.29 is 14.3 Å². The summed E-state index contributed by atoms with van der Waals surface area (Å²) in [6.45, 7) is 3.14. The first-order chi connectivity index (χ1) is 9.34. The molecular formula is C14H26N2O3. The van der Waals surface area contributed by atoms with E-state index in [1.54, 1.807) is 0 Å². The molecule has 2 fully saturated rings. The summed E-state index contributed by atoms with van der Waals surface area (Å²) in [6.07, 6.45) is 7.95. The Bertz CT molecular complexity index is 261. The highest BCUT2D eigenvalue weighted by Gasteiger charge is 2.16. The van der Waals surface area contributed by atoms with Crippen molar-refractivity contribution in [3.8, 4) is 0 Å². The van der Waals surface area contributed by atoms with E-state index >= 15 is 0 Å². The van der Waals surface area contributed by atoms with Crippen LogP contribution in [-0.2, 0) is 9.47 Å². The predicted molar refractivity (Wildman–Crippen MR) is 73.2 cm³/mol. The lowest BCUT2D eigenvalue weighted by Crippen LogP contribution is -2.44.